The van der Waals surface area contributed by atoms with E-state index in [-0.39, 0.29) is 11.9 Å². The molecule has 0 saturated carbocycles. The third-order valence-corrected chi connectivity index (χ3v) is 5.53. The molecule has 2 saturated heterocycles. The molecule has 0 unspecified atom stereocenters. The van der Waals surface area contributed by atoms with Crippen molar-refractivity contribution in [2.24, 2.45) is 0 Å². The van der Waals surface area contributed by atoms with E-state index in [1.54, 1.807) is 14.1 Å². The third-order valence-electron chi connectivity index (χ3n) is 3.62. The number of fused-ring (bicyclic) bond motifs is 1. The number of nitrogens with zero attached hydrogens (tertiary/aromatic N) is 2. The Bertz CT molecular complexity index is 505. The number of sulfonamides is 1. The molecule has 2 fully saturated rings. The fourth-order valence-corrected chi connectivity index (χ4v) is 3.37. The van der Waals surface area contributed by atoms with Crippen molar-refractivity contribution in [3.05, 3.63) is 0 Å². The molecule has 154 valence electrons. The number of carboxylic acids is 2. The number of nitrogens with one attached hydrogen (secondary N) is 1. The largest absolute Gasteiger partial charge is 0.481 e. The molecule has 2 aliphatic heterocycles. The van der Waals surface area contributed by atoms with Crippen molar-refractivity contribution in [1.82, 2.24) is 14.5 Å². The van der Waals surface area contributed by atoms with Crippen LogP contribution in [0.3, 0.4) is 0 Å². The number of ether oxygens (including phenoxy) is 1. The van der Waals surface area contributed by atoms with Gasteiger partial charge in [-0.3, -0.25) is 14.5 Å². The smallest absolute Gasteiger partial charge is 0.300 e. The van der Waals surface area contributed by atoms with E-state index < -0.39 is 22.0 Å². The highest BCUT2D eigenvalue weighted by atomic mass is 32.2. The second-order valence-electron chi connectivity index (χ2n) is 6.22. The van der Waals surface area contributed by atoms with Crippen LogP contribution in [0.2, 0.25) is 0 Å². The summed E-state index contributed by atoms with van der Waals surface area (Å²) in [5.41, 5.74) is 0. The van der Waals surface area contributed by atoms with E-state index in [2.05, 4.69) is 10.2 Å². The molecule has 2 aliphatic rings. The molecule has 11 heteroatoms. The van der Waals surface area contributed by atoms with Crippen LogP contribution in [0.5, 0.6) is 0 Å². The average Bonchev–Trinajstić information content (AvgIpc) is 2.88. The summed E-state index contributed by atoms with van der Waals surface area (Å²) in [5, 5.41) is 18.3. The van der Waals surface area contributed by atoms with Crippen molar-refractivity contribution in [2.45, 2.75) is 32.4 Å². The predicted octanol–water partition coefficient (Wildman–Crippen LogP) is -0.878. The van der Waals surface area contributed by atoms with E-state index in [0.29, 0.717) is 12.5 Å². The zero-order valence-corrected chi connectivity index (χ0v) is 16.7. The van der Waals surface area contributed by atoms with Crippen molar-refractivity contribution in [2.75, 3.05) is 52.6 Å². The van der Waals surface area contributed by atoms with Gasteiger partial charge in [-0.25, -0.2) is 12.7 Å². The minimum atomic E-state index is -3.06. The van der Waals surface area contributed by atoms with Crippen molar-refractivity contribution in [3.8, 4) is 0 Å². The zero-order chi connectivity index (χ0) is 20.3. The Morgan fingerprint density at radius 2 is 1.73 bits per heavy atom. The Morgan fingerprint density at radius 3 is 2.19 bits per heavy atom. The van der Waals surface area contributed by atoms with Gasteiger partial charge in [0.25, 0.3) is 11.9 Å². The minimum absolute atomic E-state index is 0.222. The van der Waals surface area contributed by atoms with Crippen LogP contribution in [-0.4, -0.2) is 105 Å². The van der Waals surface area contributed by atoms with Gasteiger partial charge in [-0.1, -0.05) is 0 Å². The van der Waals surface area contributed by atoms with Gasteiger partial charge in [0.1, 0.15) is 0 Å². The lowest BCUT2D eigenvalue weighted by atomic mass is 10.2. The summed E-state index contributed by atoms with van der Waals surface area (Å²) in [6.07, 6.45) is 0.962. The maximum Gasteiger partial charge on any atom is 0.300 e. The number of hydrogen-bond donors (Lipinski definition) is 3. The third kappa shape index (κ3) is 11.4. The molecule has 0 radical (unpaired) electrons. The fourth-order valence-electron chi connectivity index (χ4n) is 2.51. The summed E-state index contributed by atoms with van der Waals surface area (Å²) in [5.74, 6) is -1.44. The van der Waals surface area contributed by atoms with E-state index in [1.165, 1.54) is 4.31 Å². The van der Waals surface area contributed by atoms with Crippen LogP contribution in [0.25, 0.3) is 0 Å². The van der Waals surface area contributed by atoms with Gasteiger partial charge >= 0.3 is 0 Å². The lowest BCUT2D eigenvalue weighted by Gasteiger charge is -2.25. The summed E-state index contributed by atoms with van der Waals surface area (Å²) in [6.45, 7) is 6.57. The van der Waals surface area contributed by atoms with Gasteiger partial charge in [0.05, 0.1) is 18.5 Å². The SMILES string of the molecule is CC(=O)O.CC(=O)O.CN(C)S(=O)(=O)CCCN1C[C@@H]2NCCO[C@H]2C1. The Morgan fingerprint density at radius 1 is 1.19 bits per heavy atom. The molecule has 0 aliphatic carbocycles. The maximum atomic E-state index is 11.6. The highest BCUT2D eigenvalue weighted by Gasteiger charge is 2.34. The molecule has 0 aromatic carbocycles. The molecule has 2 rings (SSSR count). The van der Waals surface area contributed by atoms with Gasteiger partial charge in [0.2, 0.25) is 10.0 Å². The van der Waals surface area contributed by atoms with Crippen LogP contribution < -0.4 is 5.32 Å². The van der Waals surface area contributed by atoms with E-state index in [9.17, 15) is 8.42 Å². The van der Waals surface area contributed by atoms with Crippen LogP contribution >= 0.6 is 0 Å². The average molecular weight is 397 g/mol. The number of carbonyl (C=O) groups is 2. The summed E-state index contributed by atoms with van der Waals surface area (Å²) < 4.78 is 30.2. The first-order chi connectivity index (χ1) is 12.0. The Hall–Kier alpha value is -1.27. The lowest BCUT2D eigenvalue weighted by molar-refractivity contribution is -0.135. The summed E-state index contributed by atoms with van der Waals surface area (Å²) >= 11 is 0. The standard InChI is InChI=1S/C11H23N3O3S.2C2H4O2/c1-13(2)18(15,16)7-3-5-14-8-10-11(9-14)17-6-4-12-10;2*1-2(3)4/h10-12H,3-9H2,1-2H3;2*1H3,(H,3,4)/t10-,11-;;/m0../s1. The van der Waals surface area contributed by atoms with E-state index in [1.807, 2.05) is 0 Å². The molecule has 0 aromatic rings. The van der Waals surface area contributed by atoms with Crippen LogP contribution in [0.4, 0.5) is 0 Å². The monoisotopic (exact) mass is 397 g/mol. The van der Waals surface area contributed by atoms with Crippen LogP contribution in [0, 0.1) is 0 Å². The minimum Gasteiger partial charge on any atom is -0.481 e. The number of carboxylic acid groups (broad SMARTS) is 2. The first-order valence-corrected chi connectivity index (χ1v) is 9.93. The number of morpholine rings is 1. The Labute approximate surface area is 155 Å². The van der Waals surface area contributed by atoms with Gasteiger partial charge in [-0.15, -0.1) is 0 Å². The number of hydrogen-bond acceptors (Lipinski definition) is 7. The van der Waals surface area contributed by atoms with Crippen LogP contribution in [0.1, 0.15) is 20.3 Å². The first kappa shape index (κ1) is 24.7. The van der Waals surface area contributed by atoms with Crippen molar-refractivity contribution in [3.63, 3.8) is 0 Å². The van der Waals surface area contributed by atoms with Gasteiger partial charge in [0.15, 0.2) is 0 Å². The molecular weight excluding hydrogens is 366 g/mol. The number of likely N-dealkylation sites (tertiary alicyclic amines) is 1. The highest BCUT2D eigenvalue weighted by molar-refractivity contribution is 7.89. The summed E-state index contributed by atoms with van der Waals surface area (Å²) in [6, 6.07) is 0.421. The van der Waals surface area contributed by atoms with E-state index in [0.717, 1.165) is 46.6 Å². The van der Waals surface area contributed by atoms with Gasteiger partial charge in [0, 0.05) is 53.6 Å². The predicted molar refractivity (Wildman–Crippen MR) is 96.7 cm³/mol. The number of rotatable bonds is 5. The maximum absolute atomic E-state index is 11.6. The van der Waals surface area contributed by atoms with Crippen molar-refractivity contribution < 1.29 is 33.0 Å². The highest BCUT2D eigenvalue weighted by Crippen LogP contribution is 2.16. The van der Waals surface area contributed by atoms with Crippen molar-refractivity contribution in [1.29, 1.82) is 0 Å². The second kappa shape index (κ2) is 12.2. The molecule has 0 bridgehead atoms. The summed E-state index contributed by atoms with van der Waals surface area (Å²) in [4.78, 5) is 20.3. The molecule has 3 N–H and O–H groups in total. The van der Waals surface area contributed by atoms with E-state index >= 15 is 0 Å². The van der Waals surface area contributed by atoms with Gasteiger partial charge in [-0.2, -0.15) is 0 Å². The molecular formula is C15H31N3O7S. The molecule has 2 heterocycles. The quantitative estimate of drug-likeness (QED) is 0.540. The lowest BCUT2D eigenvalue weighted by Crippen LogP contribution is -2.47. The molecule has 0 amide bonds. The van der Waals surface area contributed by atoms with Crippen LogP contribution in [-0.2, 0) is 24.3 Å². The summed E-state index contributed by atoms with van der Waals surface area (Å²) in [7, 11) is 0.106. The van der Waals surface area contributed by atoms with Crippen LogP contribution in [0.15, 0.2) is 0 Å². The molecule has 10 nitrogen and oxygen atoms in total. The Balaban J connectivity index is 0.000000662. The fraction of sp³-hybridized carbons (Fsp3) is 0.867. The molecule has 26 heavy (non-hydrogen) atoms. The van der Waals surface area contributed by atoms with E-state index in [4.69, 9.17) is 24.5 Å². The topological polar surface area (TPSA) is 136 Å². The molecule has 2 atom stereocenters. The second-order valence-corrected chi connectivity index (χ2v) is 8.52. The van der Waals surface area contributed by atoms with Gasteiger partial charge < -0.3 is 20.3 Å². The first-order valence-electron chi connectivity index (χ1n) is 8.32. The van der Waals surface area contributed by atoms with Crippen molar-refractivity contribution >= 4 is 22.0 Å². The normalized spacial score (nSPS) is 22.5. The number of aliphatic carboxylic acids is 2. The zero-order valence-electron chi connectivity index (χ0n) is 15.8. The Kier molecular flexibility index (Phi) is 11.6. The van der Waals surface area contributed by atoms with Gasteiger partial charge in [-0.05, 0) is 13.0 Å². The molecule has 0 spiro atoms. The molecule has 0 aromatic heterocycles.